The number of halogens is 1. The SMILES string of the molecule is CC(N)(Cc1cn2ccsc2n1)c1cccc(F)c1. The number of hydrogen-bond acceptors (Lipinski definition) is 3. The number of hydrogen-bond donors (Lipinski definition) is 1. The molecule has 2 N–H and O–H groups in total. The molecule has 0 bridgehead atoms. The Balaban J connectivity index is 1.90. The molecule has 3 aromatic rings. The van der Waals surface area contributed by atoms with Crippen LogP contribution in [0.5, 0.6) is 0 Å². The van der Waals surface area contributed by atoms with Gasteiger partial charge in [-0.1, -0.05) is 12.1 Å². The first-order chi connectivity index (χ1) is 9.04. The van der Waals surface area contributed by atoms with Crippen LogP contribution in [0.4, 0.5) is 4.39 Å². The average Bonchev–Trinajstić information content (AvgIpc) is 2.89. The van der Waals surface area contributed by atoms with Gasteiger partial charge in [-0.15, -0.1) is 11.3 Å². The number of imidazole rings is 1. The first-order valence-corrected chi connectivity index (χ1v) is 6.88. The fourth-order valence-corrected chi connectivity index (χ4v) is 2.90. The van der Waals surface area contributed by atoms with Gasteiger partial charge < -0.3 is 5.73 Å². The van der Waals surface area contributed by atoms with Crippen molar-refractivity contribution in [2.45, 2.75) is 18.9 Å². The Bertz CT molecular complexity index is 686. The summed E-state index contributed by atoms with van der Waals surface area (Å²) in [6, 6.07) is 6.44. The summed E-state index contributed by atoms with van der Waals surface area (Å²) in [7, 11) is 0. The third kappa shape index (κ3) is 2.39. The van der Waals surface area contributed by atoms with Gasteiger partial charge in [0.15, 0.2) is 4.96 Å². The lowest BCUT2D eigenvalue weighted by Gasteiger charge is -2.24. The van der Waals surface area contributed by atoms with Gasteiger partial charge in [-0.05, 0) is 24.6 Å². The molecule has 0 fully saturated rings. The van der Waals surface area contributed by atoms with E-state index >= 15 is 0 Å². The maximum Gasteiger partial charge on any atom is 0.193 e. The second-order valence-corrected chi connectivity index (χ2v) is 5.80. The first-order valence-electron chi connectivity index (χ1n) is 6.01. The molecule has 2 heterocycles. The van der Waals surface area contributed by atoms with Crippen LogP contribution in [0.15, 0.2) is 42.0 Å². The molecule has 0 aliphatic carbocycles. The van der Waals surface area contributed by atoms with Crippen LogP contribution in [0, 0.1) is 5.82 Å². The van der Waals surface area contributed by atoms with Gasteiger partial charge in [-0.2, -0.15) is 0 Å². The Morgan fingerprint density at radius 3 is 3.05 bits per heavy atom. The summed E-state index contributed by atoms with van der Waals surface area (Å²) >= 11 is 1.58. The van der Waals surface area contributed by atoms with Crippen LogP contribution in [0.1, 0.15) is 18.2 Å². The zero-order valence-corrected chi connectivity index (χ0v) is 11.3. The first kappa shape index (κ1) is 12.3. The molecule has 1 aromatic carbocycles. The highest BCUT2D eigenvalue weighted by atomic mass is 32.1. The average molecular weight is 275 g/mol. The van der Waals surface area contributed by atoms with Gasteiger partial charge in [0.1, 0.15) is 5.82 Å². The fraction of sp³-hybridized carbons (Fsp3) is 0.214. The number of thiazole rings is 1. The predicted octanol–water partition coefficient (Wildman–Crippen LogP) is 2.95. The van der Waals surface area contributed by atoms with E-state index in [4.69, 9.17) is 5.73 Å². The molecule has 0 spiro atoms. The van der Waals surface area contributed by atoms with Crippen LogP contribution in [-0.2, 0) is 12.0 Å². The van der Waals surface area contributed by atoms with Crippen molar-refractivity contribution in [1.29, 1.82) is 0 Å². The van der Waals surface area contributed by atoms with E-state index in [0.717, 1.165) is 16.2 Å². The number of nitrogens with zero attached hydrogens (tertiary/aromatic N) is 2. The molecular weight excluding hydrogens is 261 g/mol. The maximum atomic E-state index is 13.3. The molecule has 0 saturated carbocycles. The van der Waals surface area contributed by atoms with E-state index in [9.17, 15) is 4.39 Å². The number of rotatable bonds is 3. The zero-order valence-electron chi connectivity index (χ0n) is 10.5. The normalized spacial score (nSPS) is 14.7. The minimum atomic E-state index is -0.633. The van der Waals surface area contributed by atoms with Gasteiger partial charge in [-0.25, -0.2) is 9.37 Å². The number of benzene rings is 1. The highest BCUT2D eigenvalue weighted by Crippen LogP contribution is 2.24. The topological polar surface area (TPSA) is 43.3 Å². The molecule has 0 radical (unpaired) electrons. The monoisotopic (exact) mass is 275 g/mol. The van der Waals surface area contributed by atoms with Crippen LogP contribution < -0.4 is 5.73 Å². The molecule has 2 aromatic heterocycles. The highest BCUT2D eigenvalue weighted by Gasteiger charge is 2.23. The van der Waals surface area contributed by atoms with Crippen molar-refractivity contribution in [1.82, 2.24) is 9.38 Å². The quantitative estimate of drug-likeness (QED) is 0.798. The van der Waals surface area contributed by atoms with Crippen molar-refractivity contribution in [2.24, 2.45) is 5.73 Å². The third-order valence-corrected chi connectivity index (χ3v) is 3.95. The van der Waals surface area contributed by atoms with Crippen molar-refractivity contribution in [3.63, 3.8) is 0 Å². The molecule has 0 aliphatic rings. The maximum absolute atomic E-state index is 13.3. The van der Waals surface area contributed by atoms with Crippen LogP contribution in [0.3, 0.4) is 0 Å². The summed E-state index contributed by atoms with van der Waals surface area (Å²) in [6.07, 6.45) is 4.51. The Kier molecular flexibility index (Phi) is 2.88. The third-order valence-electron chi connectivity index (χ3n) is 3.18. The predicted molar refractivity (Wildman–Crippen MR) is 74.7 cm³/mol. The Hall–Kier alpha value is -1.72. The van der Waals surface area contributed by atoms with Gasteiger partial charge in [0, 0.05) is 29.7 Å². The molecule has 5 heteroatoms. The fourth-order valence-electron chi connectivity index (χ4n) is 2.18. The van der Waals surface area contributed by atoms with Gasteiger partial charge in [0.25, 0.3) is 0 Å². The van der Waals surface area contributed by atoms with Crippen molar-refractivity contribution >= 4 is 16.3 Å². The number of nitrogens with two attached hydrogens (primary N) is 1. The largest absolute Gasteiger partial charge is 0.321 e. The van der Waals surface area contributed by atoms with Crippen molar-refractivity contribution in [3.05, 3.63) is 59.1 Å². The van der Waals surface area contributed by atoms with Crippen LogP contribution in [0.2, 0.25) is 0 Å². The van der Waals surface area contributed by atoms with Gasteiger partial charge >= 0.3 is 0 Å². The molecular formula is C14H14FN3S. The molecule has 1 unspecified atom stereocenters. The lowest BCUT2D eigenvalue weighted by atomic mass is 9.88. The molecule has 0 aliphatic heterocycles. The van der Waals surface area contributed by atoms with Crippen molar-refractivity contribution < 1.29 is 4.39 Å². The number of aromatic nitrogens is 2. The molecule has 0 saturated heterocycles. The van der Waals surface area contributed by atoms with Crippen LogP contribution in [-0.4, -0.2) is 9.38 Å². The lowest BCUT2D eigenvalue weighted by Crippen LogP contribution is -2.35. The smallest absolute Gasteiger partial charge is 0.193 e. The Labute approximate surface area is 114 Å². The standard InChI is InChI=1S/C14H14FN3S/c1-14(16,10-3-2-4-11(15)7-10)8-12-9-18-5-6-19-13(18)17-12/h2-7,9H,8,16H2,1H3. The highest BCUT2D eigenvalue weighted by molar-refractivity contribution is 7.15. The molecule has 0 amide bonds. The van der Waals surface area contributed by atoms with Crippen molar-refractivity contribution in [2.75, 3.05) is 0 Å². The van der Waals surface area contributed by atoms with Crippen LogP contribution in [0.25, 0.3) is 4.96 Å². The van der Waals surface area contributed by atoms with Gasteiger partial charge in [-0.3, -0.25) is 4.40 Å². The van der Waals surface area contributed by atoms with E-state index in [1.807, 2.05) is 35.2 Å². The molecule has 3 rings (SSSR count). The Morgan fingerprint density at radius 2 is 2.32 bits per heavy atom. The summed E-state index contributed by atoms with van der Waals surface area (Å²) in [5.41, 5.74) is 7.38. The summed E-state index contributed by atoms with van der Waals surface area (Å²) < 4.78 is 15.3. The molecule has 1 atom stereocenters. The van der Waals surface area contributed by atoms with E-state index in [1.54, 1.807) is 17.4 Å². The van der Waals surface area contributed by atoms with E-state index in [0.29, 0.717) is 6.42 Å². The summed E-state index contributed by atoms with van der Waals surface area (Å²) in [5.74, 6) is -0.264. The second kappa shape index (κ2) is 4.43. The summed E-state index contributed by atoms with van der Waals surface area (Å²) in [5, 5.41) is 1.99. The molecule has 3 nitrogen and oxygen atoms in total. The molecule has 98 valence electrons. The van der Waals surface area contributed by atoms with Crippen LogP contribution >= 0.6 is 11.3 Å². The summed E-state index contributed by atoms with van der Waals surface area (Å²) in [4.78, 5) is 5.46. The second-order valence-electron chi connectivity index (χ2n) is 4.93. The minimum absolute atomic E-state index is 0.264. The minimum Gasteiger partial charge on any atom is -0.321 e. The Morgan fingerprint density at radius 1 is 1.47 bits per heavy atom. The van der Waals surface area contributed by atoms with Crippen molar-refractivity contribution in [3.8, 4) is 0 Å². The lowest BCUT2D eigenvalue weighted by molar-refractivity contribution is 0.481. The van der Waals surface area contributed by atoms with Gasteiger partial charge in [0.05, 0.1) is 5.69 Å². The van der Waals surface area contributed by atoms with E-state index in [2.05, 4.69) is 4.98 Å². The molecule has 19 heavy (non-hydrogen) atoms. The zero-order chi connectivity index (χ0) is 13.5. The number of fused-ring (bicyclic) bond motifs is 1. The van der Waals surface area contributed by atoms with E-state index in [1.165, 1.54) is 12.1 Å². The summed E-state index contributed by atoms with van der Waals surface area (Å²) in [6.45, 7) is 1.90. The van der Waals surface area contributed by atoms with E-state index in [-0.39, 0.29) is 5.82 Å². The van der Waals surface area contributed by atoms with Gasteiger partial charge in [0.2, 0.25) is 0 Å². The van der Waals surface area contributed by atoms with E-state index < -0.39 is 5.54 Å².